The van der Waals surface area contributed by atoms with E-state index in [9.17, 15) is 13.2 Å². The summed E-state index contributed by atoms with van der Waals surface area (Å²) < 4.78 is 81.1. The maximum Gasteiger partial charge on any atom is 0.485 e. The summed E-state index contributed by atoms with van der Waals surface area (Å²) in [6.07, 6.45) is 10.8. The van der Waals surface area contributed by atoms with E-state index in [0.29, 0.717) is 12.6 Å². The van der Waals surface area contributed by atoms with Crippen molar-refractivity contribution >= 4 is 10.1 Å². The highest BCUT2D eigenvalue weighted by Crippen LogP contribution is 2.67. The van der Waals surface area contributed by atoms with Crippen molar-refractivity contribution in [1.82, 2.24) is 0 Å². The Bertz CT molecular complexity index is 1750. The van der Waals surface area contributed by atoms with Crippen molar-refractivity contribution in [3.05, 3.63) is 95.1 Å². The second-order valence-electron chi connectivity index (χ2n) is 14.7. The molecule has 0 N–H and O–H groups in total. The summed E-state index contributed by atoms with van der Waals surface area (Å²) in [7, 11) is -3.53. The molecule has 5 aliphatic rings. The van der Waals surface area contributed by atoms with E-state index < -0.39 is 15.6 Å². The summed E-state index contributed by atoms with van der Waals surface area (Å²) in [5.74, 6) is 2.84. The van der Waals surface area contributed by atoms with Gasteiger partial charge in [-0.05, 0) is 67.7 Å². The monoisotopic (exact) mass is 699 g/mol. The molecule has 0 radical (unpaired) electrons. The van der Waals surface area contributed by atoms with E-state index in [1.165, 1.54) is 59.1 Å². The summed E-state index contributed by atoms with van der Waals surface area (Å²) in [6, 6.07) is 26.4. The highest BCUT2D eigenvalue weighted by atomic mass is 32.2. The number of hydrogen-bond donors (Lipinski definition) is 0. The number of alkyl halides is 3. The Morgan fingerprint density at radius 1 is 0.959 bits per heavy atom. The molecule has 0 amide bonds. The first-order chi connectivity index (χ1) is 23.4. The van der Waals surface area contributed by atoms with Gasteiger partial charge in [-0.15, -0.1) is 0 Å². The third-order valence-corrected chi connectivity index (χ3v) is 12.2. The van der Waals surface area contributed by atoms with Gasteiger partial charge < -0.3 is 23.2 Å². The quantitative estimate of drug-likeness (QED) is 0.0975. The lowest BCUT2D eigenvalue weighted by molar-refractivity contribution is -0.951. The van der Waals surface area contributed by atoms with Crippen LogP contribution in [-0.2, 0) is 39.7 Å². The lowest BCUT2D eigenvalue weighted by Crippen LogP contribution is -2.80. The average molecular weight is 700 g/mol. The predicted molar refractivity (Wildman–Crippen MR) is 177 cm³/mol. The van der Waals surface area contributed by atoms with Crippen LogP contribution in [0.3, 0.4) is 0 Å². The number of rotatable bonds is 10. The van der Waals surface area contributed by atoms with Gasteiger partial charge in [0.1, 0.15) is 24.4 Å². The number of aryl methyl sites for hydroxylation is 1. The molecule has 5 atom stereocenters. The van der Waals surface area contributed by atoms with Gasteiger partial charge in [0.05, 0.1) is 25.6 Å². The molecule has 2 heterocycles. The molecular weight excluding hydrogens is 655 g/mol. The van der Waals surface area contributed by atoms with Crippen molar-refractivity contribution in [2.24, 2.45) is 5.92 Å². The van der Waals surface area contributed by atoms with Gasteiger partial charge in [0, 0.05) is 30.9 Å². The molecule has 49 heavy (non-hydrogen) atoms. The summed E-state index contributed by atoms with van der Waals surface area (Å²) in [4.78, 5) is 0. The molecule has 2 unspecified atom stereocenters. The van der Waals surface area contributed by atoms with E-state index in [1.54, 1.807) is 0 Å². The zero-order valence-corrected chi connectivity index (χ0v) is 28.6. The Hall–Kier alpha value is -3.12. The summed E-state index contributed by atoms with van der Waals surface area (Å²) >= 11 is 0. The molecule has 3 aliphatic carbocycles. The zero-order chi connectivity index (χ0) is 34.5. The van der Waals surface area contributed by atoms with Crippen LogP contribution in [0.25, 0.3) is 0 Å². The minimum absolute atomic E-state index is 0.0704. The number of hydrogen-bond acceptors (Lipinski definition) is 6. The van der Waals surface area contributed by atoms with E-state index >= 15 is 0 Å². The van der Waals surface area contributed by atoms with Gasteiger partial charge in [-0.25, -0.2) is 8.42 Å². The number of likely N-dealkylation sites (N-methyl/N-ethyl adjacent to an activating group) is 1. The number of nitrogens with zero attached hydrogens (tertiary/aromatic N) is 1. The van der Waals surface area contributed by atoms with Crippen LogP contribution in [0.2, 0.25) is 0 Å². The summed E-state index contributed by atoms with van der Waals surface area (Å²) in [6.45, 7) is 3.91. The molecular formula is C38H44F3NO6S. The number of benzene rings is 3. The van der Waals surface area contributed by atoms with Crippen LogP contribution in [0, 0.1) is 5.92 Å². The van der Waals surface area contributed by atoms with Crippen molar-refractivity contribution in [3.8, 4) is 11.5 Å². The van der Waals surface area contributed by atoms with E-state index in [-0.39, 0.29) is 17.1 Å². The second-order valence-corrected chi connectivity index (χ2v) is 16.1. The van der Waals surface area contributed by atoms with E-state index in [4.69, 9.17) is 27.2 Å². The molecule has 264 valence electrons. The number of quaternary nitrogens is 1. The summed E-state index contributed by atoms with van der Waals surface area (Å²) in [5, 5.41) is 0. The molecule has 8 rings (SSSR count). The fourth-order valence-corrected chi connectivity index (χ4v) is 9.42. The van der Waals surface area contributed by atoms with Gasteiger partial charge in [0.15, 0.2) is 21.6 Å². The SMILES string of the molecule is C[N+]1(CC2CC2)CC[C@]23c4c5ccc(OCc6ccccc6)c4O[C@H]2CCCC3(OCCCc2ccccc2)[C@H]1C5.O=S(=O)([O-])C(F)(F)F. The van der Waals surface area contributed by atoms with E-state index in [0.717, 1.165) is 62.5 Å². The molecule has 2 saturated carbocycles. The van der Waals surface area contributed by atoms with Crippen molar-refractivity contribution in [2.75, 3.05) is 26.7 Å². The lowest BCUT2D eigenvalue weighted by atomic mass is 9.48. The minimum Gasteiger partial charge on any atom is -0.741 e. The first-order valence-corrected chi connectivity index (χ1v) is 18.8. The first-order valence-electron chi connectivity index (χ1n) is 17.4. The Balaban J connectivity index is 0.000000424. The minimum atomic E-state index is -6.09. The van der Waals surface area contributed by atoms with Crippen molar-refractivity contribution < 1.29 is 44.8 Å². The van der Waals surface area contributed by atoms with Crippen molar-refractivity contribution in [1.29, 1.82) is 0 Å². The maximum atomic E-state index is 10.7. The molecule has 3 aromatic carbocycles. The molecule has 2 bridgehead atoms. The highest BCUT2D eigenvalue weighted by molar-refractivity contribution is 7.86. The third kappa shape index (κ3) is 6.25. The van der Waals surface area contributed by atoms with Gasteiger partial charge in [0.25, 0.3) is 0 Å². The van der Waals surface area contributed by atoms with Crippen LogP contribution in [0.4, 0.5) is 13.2 Å². The standard InChI is InChI=1S/C37H44NO3.CHF3O3S/c1-38(25-28-16-17-28)22-21-36-33-15-8-20-37(36,40-23-9-14-27-10-4-2-5-11-27)32(38)24-30-18-19-31(35(41-33)34(30)36)39-26-29-12-6-3-7-13-29;2-1(3,4)8(5,6)7/h2-7,10-13,18-19,28,32-33H,8-9,14-17,20-26H2,1H3;(H,5,6,7)/q+1;/p-1/t32-,33+,36-,37?,38?;/m1./s1. The highest BCUT2D eigenvalue weighted by Gasteiger charge is 2.76. The molecule has 7 nitrogen and oxygen atoms in total. The van der Waals surface area contributed by atoms with Crippen molar-refractivity contribution in [3.63, 3.8) is 0 Å². The topological polar surface area (TPSA) is 84.9 Å². The largest absolute Gasteiger partial charge is 0.741 e. The molecule has 1 saturated heterocycles. The van der Waals surface area contributed by atoms with Gasteiger partial charge in [0.2, 0.25) is 0 Å². The Labute approximate surface area is 286 Å². The Morgan fingerprint density at radius 2 is 1.63 bits per heavy atom. The lowest BCUT2D eigenvalue weighted by Gasteiger charge is -2.66. The molecule has 11 heteroatoms. The van der Waals surface area contributed by atoms with Crippen LogP contribution in [0.1, 0.15) is 67.2 Å². The number of likely N-dealkylation sites (tertiary alicyclic amines) is 1. The van der Waals surface area contributed by atoms with Crippen LogP contribution in [0.15, 0.2) is 72.8 Å². The van der Waals surface area contributed by atoms with Crippen LogP contribution < -0.4 is 9.47 Å². The van der Waals surface area contributed by atoms with Gasteiger partial charge in [-0.3, -0.25) is 0 Å². The fourth-order valence-electron chi connectivity index (χ4n) is 9.42. The number of ether oxygens (including phenoxy) is 3. The third-order valence-electron chi connectivity index (χ3n) is 11.7. The van der Waals surface area contributed by atoms with Crippen molar-refractivity contribution in [2.45, 2.75) is 93.1 Å². The van der Waals surface area contributed by atoms with Gasteiger partial charge >= 0.3 is 5.51 Å². The first kappa shape index (κ1) is 34.3. The van der Waals surface area contributed by atoms with E-state index in [1.807, 2.05) is 0 Å². The molecule has 2 aliphatic heterocycles. The molecule has 3 aromatic rings. The molecule has 3 fully saturated rings. The number of piperidine rings is 1. The zero-order valence-electron chi connectivity index (χ0n) is 27.8. The van der Waals surface area contributed by atoms with E-state index in [2.05, 4.69) is 79.8 Å². The smallest absolute Gasteiger partial charge is 0.485 e. The molecule has 1 spiro atoms. The normalized spacial score (nSPS) is 29.7. The summed E-state index contributed by atoms with van der Waals surface area (Å²) in [5.41, 5.74) is -0.359. The van der Waals surface area contributed by atoms with Crippen LogP contribution >= 0.6 is 0 Å². The van der Waals surface area contributed by atoms with Crippen LogP contribution in [-0.4, -0.2) is 67.5 Å². The second kappa shape index (κ2) is 12.9. The maximum absolute atomic E-state index is 10.7. The molecule has 0 aromatic heterocycles. The Morgan fingerprint density at radius 3 is 2.29 bits per heavy atom. The van der Waals surface area contributed by atoms with Gasteiger partial charge in [-0.2, -0.15) is 13.2 Å². The average Bonchev–Trinajstić information content (AvgIpc) is 3.81. The Kier molecular flexibility index (Phi) is 9.03. The number of halogens is 3. The van der Waals surface area contributed by atoms with Gasteiger partial charge in [-0.1, -0.05) is 66.7 Å². The van der Waals surface area contributed by atoms with Crippen LogP contribution in [0.5, 0.6) is 11.5 Å². The predicted octanol–water partition coefficient (Wildman–Crippen LogP) is 7.07. The fraction of sp³-hybridized carbons (Fsp3) is 0.526.